The lowest BCUT2D eigenvalue weighted by atomic mass is 10.1. The summed E-state index contributed by atoms with van der Waals surface area (Å²) in [5, 5.41) is 21.4. The second-order valence-corrected chi connectivity index (χ2v) is 7.42. The Balaban J connectivity index is 1.78. The van der Waals surface area contributed by atoms with Gasteiger partial charge in [0, 0.05) is 12.1 Å². The Morgan fingerprint density at radius 2 is 1.90 bits per heavy atom. The number of nitrogens with one attached hydrogen (secondary N) is 1. The minimum atomic E-state index is -4.87. The number of carbonyl (C=O) groups is 1. The van der Waals surface area contributed by atoms with E-state index in [0.717, 1.165) is 35.1 Å². The van der Waals surface area contributed by atoms with Crippen molar-refractivity contribution in [3.63, 3.8) is 0 Å². The number of halogens is 3. The summed E-state index contributed by atoms with van der Waals surface area (Å²) in [5.41, 5.74) is -0.791. The van der Waals surface area contributed by atoms with Crippen molar-refractivity contribution in [1.29, 1.82) is 0 Å². The Morgan fingerprint density at radius 1 is 1.19 bits per heavy atom. The Kier molecular flexibility index (Phi) is 6.29. The van der Waals surface area contributed by atoms with Crippen molar-refractivity contribution >= 4 is 29.0 Å². The highest BCUT2D eigenvalue weighted by Gasteiger charge is 2.35. The van der Waals surface area contributed by atoms with Gasteiger partial charge in [0.25, 0.3) is 5.69 Å². The standard InChI is InChI=1S/C19H16F3N5O3S/c1-11-5-3-4-6-16(11)26-12(2)24-25-18(26)31-10-17(28)23-15-8-7-13(27(29)30)9-14(15)19(20,21)22/h3-9H,10H2,1-2H3,(H,23,28). The first-order valence-corrected chi connectivity index (χ1v) is 9.83. The van der Waals surface area contributed by atoms with Crippen molar-refractivity contribution in [3.05, 3.63) is 69.5 Å². The number of alkyl halides is 3. The number of aromatic nitrogens is 3. The Labute approximate surface area is 178 Å². The molecule has 1 amide bonds. The summed E-state index contributed by atoms with van der Waals surface area (Å²) in [6.45, 7) is 3.65. The van der Waals surface area contributed by atoms with Gasteiger partial charge < -0.3 is 5.32 Å². The smallest absolute Gasteiger partial charge is 0.325 e. The fourth-order valence-corrected chi connectivity index (χ4v) is 3.62. The average molecular weight is 451 g/mol. The number of nitrogens with zero attached hydrogens (tertiary/aromatic N) is 4. The van der Waals surface area contributed by atoms with Gasteiger partial charge in [-0.15, -0.1) is 10.2 Å². The SMILES string of the molecule is Cc1ccccc1-n1c(C)nnc1SCC(=O)Nc1ccc([N+](=O)[O-])cc1C(F)(F)F. The van der Waals surface area contributed by atoms with Gasteiger partial charge in [0.05, 0.1) is 27.6 Å². The van der Waals surface area contributed by atoms with Crippen molar-refractivity contribution in [3.8, 4) is 5.69 Å². The number of non-ortho nitro benzene ring substituents is 1. The molecule has 31 heavy (non-hydrogen) atoms. The number of nitro benzene ring substituents is 1. The maximum absolute atomic E-state index is 13.3. The van der Waals surface area contributed by atoms with Crippen molar-refractivity contribution in [2.45, 2.75) is 25.2 Å². The molecule has 8 nitrogen and oxygen atoms in total. The van der Waals surface area contributed by atoms with E-state index in [4.69, 9.17) is 0 Å². The van der Waals surface area contributed by atoms with E-state index in [9.17, 15) is 28.1 Å². The number of rotatable bonds is 6. The van der Waals surface area contributed by atoms with Crippen LogP contribution in [0.4, 0.5) is 24.5 Å². The fourth-order valence-electron chi connectivity index (χ4n) is 2.83. The topological polar surface area (TPSA) is 103 Å². The second kappa shape index (κ2) is 8.76. The van der Waals surface area contributed by atoms with Crippen molar-refractivity contribution in [1.82, 2.24) is 14.8 Å². The molecule has 0 atom stereocenters. The predicted octanol–water partition coefficient (Wildman–Crippen LogP) is 4.54. The summed E-state index contributed by atoms with van der Waals surface area (Å²) in [4.78, 5) is 22.2. The van der Waals surface area contributed by atoms with Crippen LogP contribution in [-0.2, 0) is 11.0 Å². The Hall–Kier alpha value is -3.41. The highest BCUT2D eigenvalue weighted by molar-refractivity contribution is 7.99. The van der Waals surface area contributed by atoms with Crippen molar-refractivity contribution in [2.24, 2.45) is 0 Å². The first-order valence-electron chi connectivity index (χ1n) is 8.84. The molecular formula is C19H16F3N5O3S. The molecule has 1 aromatic heterocycles. The van der Waals surface area contributed by atoms with Crippen LogP contribution in [0.5, 0.6) is 0 Å². The highest BCUT2D eigenvalue weighted by Crippen LogP contribution is 2.37. The van der Waals surface area contributed by atoms with Crippen LogP contribution in [0.25, 0.3) is 5.69 Å². The number of thioether (sulfide) groups is 1. The third-order valence-corrected chi connectivity index (χ3v) is 5.21. The highest BCUT2D eigenvalue weighted by atomic mass is 32.2. The number of aryl methyl sites for hydroxylation is 2. The van der Waals surface area contributed by atoms with Gasteiger partial charge in [-0.2, -0.15) is 13.2 Å². The zero-order valence-electron chi connectivity index (χ0n) is 16.3. The number of hydrogen-bond acceptors (Lipinski definition) is 6. The summed E-state index contributed by atoms with van der Waals surface area (Å²) >= 11 is 1.01. The molecule has 0 bridgehead atoms. The number of anilines is 1. The van der Waals surface area contributed by atoms with E-state index in [0.29, 0.717) is 17.0 Å². The van der Waals surface area contributed by atoms with Gasteiger partial charge in [0.1, 0.15) is 5.82 Å². The van der Waals surface area contributed by atoms with Crippen LogP contribution < -0.4 is 5.32 Å². The van der Waals surface area contributed by atoms with Crippen LogP contribution in [0.2, 0.25) is 0 Å². The number of nitro groups is 1. The van der Waals surface area contributed by atoms with Gasteiger partial charge >= 0.3 is 6.18 Å². The maximum atomic E-state index is 13.3. The van der Waals surface area contributed by atoms with Gasteiger partial charge in [-0.3, -0.25) is 19.5 Å². The first-order chi connectivity index (χ1) is 14.6. The third-order valence-electron chi connectivity index (χ3n) is 4.28. The molecule has 0 aliphatic carbocycles. The van der Waals surface area contributed by atoms with Gasteiger partial charge in [-0.1, -0.05) is 30.0 Å². The minimum absolute atomic E-state index is 0.238. The monoisotopic (exact) mass is 451 g/mol. The van der Waals surface area contributed by atoms with Gasteiger partial charge in [-0.25, -0.2) is 0 Å². The van der Waals surface area contributed by atoms with E-state index in [1.54, 1.807) is 11.5 Å². The average Bonchev–Trinajstić information content (AvgIpc) is 3.06. The zero-order chi connectivity index (χ0) is 22.8. The van der Waals surface area contributed by atoms with Crippen LogP contribution in [0.3, 0.4) is 0 Å². The molecule has 1 heterocycles. The van der Waals surface area contributed by atoms with E-state index in [1.807, 2.05) is 31.2 Å². The first kappa shape index (κ1) is 22.3. The lowest BCUT2D eigenvalue weighted by molar-refractivity contribution is -0.385. The van der Waals surface area contributed by atoms with Crippen LogP contribution in [0, 0.1) is 24.0 Å². The molecule has 0 saturated heterocycles. The van der Waals surface area contributed by atoms with Gasteiger partial charge in [-0.05, 0) is 31.5 Å². The van der Waals surface area contributed by atoms with Gasteiger partial charge in [0.15, 0.2) is 5.16 Å². The number of hydrogen-bond donors (Lipinski definition) is 1. The molecule has 0 unspecified atom stereocenters. The Bertz CT molecular complexity index is 1150. The molecule has 0 radical (unpaired) electrons. The van der Waals surface area contributed by atoms with Gasteiger partial charge in [0.2, 0.25) is 5.91 Å². The van der Waals surface area contributed by atoms with Crippen LogP contribution in [0.15, 0.2) is 47.6 Å². The number of para-hydroxylation sites is 1. The van der Waals surface area contributed by atoms with E-state index in [-0.39, 0.29) is 5.75 Å². The van der Waals surface area contributed by atoms with Crippen molar-refractivity contribution in [2.75, 3.05) is 11.1 Å². The van der Waals surface area contributed by atoms with E-state index in [2.05, 4.69) is 15.5 Å². The maximum Gasteiger partial charge on any atom is 0.418 e. The number of carbonyl (C=O) groups excluding carboxylic acids is 1. The summed E-state index contributed by atoms with van der Waals surface area (Å²) in [6.07, 6.45) is -4.87. The normalized spacial score (nSPS) is 11.4. The molecule has 0 aliphatic heterocycles. The summed E-state index contributed by atoms with van der Waals surface area (Å²) in [6, 6.07) is 9.64. The fraction of sp³-hybridized carbons (Fsp3) is 0.211. The molecular weight excluding hydrogens is 435 g/mol. The van der Waals surface area contributed by atoms with E-state index >= 15 is 0 Å². The third kappa shape index (κ3) is 5.02. The van der Waals surface area contributed by atoms with Crippen LogP contribution >= 0.6 is 11.8 Å². The second-order valence-electron chi connectivity index (χ2n) is 6.47. The summed E-state index contributed by atoms with van der Waals surface area (Å²) in [7, 11) is 0. The number of benzene rings is 2. The van der Waals surface area contributed by atoms with E-state index < -0.39 is 33.9 Å². The quantitative estimate of drug-likeness (QED) is 0.335. The molecule has 2 aromatic carbocycles. The van der Waals surface area contributed by atoms with Crippen LogP contribution in [0.1, 0.15) is 17.0 Å². The molecule has 0 fully saturated rings. The molecule has 12 heteroatoms. The lowest BCUT2D eigenvalue weighted by Gasteiger charge is -2.14. The largest absolute Gasteiger partial charge is 0.418 e. The van der Waals surface area contributed by atoms with Crippen molar-refractivity contribution < 1.29 is 22.9 Å². The molecule has 3 aromatic rings. The molecule has 162 valence electrons. The lowest BCUT2D eigenvalue weighted by Crippen LogP contribution is -2.18. The van der Waals surface area contributed by atoms with Crippen LogP contribution in [-0.4, -0.2) is 31.3 Å². The predicted molar refractivity (Wildman–Crippen MR) is 108 cm³/mol. The molecule has 0 spiro atoms. The summed E-state index contributed by atoms with van der Waals surface area (Å²) in [5.74, 6) is -0.369. The summed E-state index contributed by atoms with van der Waals surface area (Å²) < 4.78 is 41.6. The minimum Gasteiger partial charge on any atom is -0.325 e. The zero-order valence-corrected chi connectivity index (χ0v) is 17.1. The molecule has 0 saturated carbocycles. The molecule has 3 rings (SSSR count). The molecule has 1 N–H and O–H groups in total. The Morgan fingerprint density at radius 3 is 2.55 bits per heavy atom. The molecule has 0 aliphatic rings. The number of amides is 1. The van der Waals surface area contributed by atoms with E-state index in [1.165, 1.54) is 0 Å².